The number of rotatable bonds is 3. The summed E-state index contributed by atoms with van der Waals surface area (Å²) in [7, 11) is 0. The Kier molecular flexibility index (Phi) is 2.68. The number of hydrogen-bond acceptors (Lipinski definition) is 2. The Hall–Kier alpha value is -1.82. The Bertz CT molecular complexity index is 396. The van der Waals surface area contributed by atoms with Crippen molar-refractivity contribution in [2.24, 2.45) is 5.92 Å². The quantitative estimate of drug-likeness (QED) is 0.580. The average Bonchev–Trinajstić information content (AvgIpc) is 3.03. The van der Waals surface area contributed by atoms with Crippen LogP contribution in [0.15, 0.2) is 24.3 Å². The summed E-state index contributed by atoms with van der Waals surface area (Å²) in [6.45, 7) is 0. The fourth-order valence-electron chi connectivity index (χ4n) is 1.46. The third kappa shape index (κ3) is 2.81. The SMILES string of the molecule is N#Cc1ccc(NC(=N)CC2CC2)cc1. The van der Waals surface area contributed by atoms with E-state index in [9.17, 15) is 0 Å². The molecule has 0 aromatic heterocycles. The molecule has 0 aliphatic heterocycles. The van der Waals surface area contributed by atoms with Gasteiger partial charge in [0.1, 0.15) is 0 Å². The molecule has 0 amide bonds. The van der Waals surface area contributed by atoms with Gasteiger partial charge in [-0.15, -0.1) is 0 Å². The Morgan fingerprint density at radius 1 is 1.40 bits per heavy atom. The summed E-state index contributed by atoms with van der Waals surface area (Å²) < 4.78 is 0. The molecule has 0 unspecified atom stereocenters. The molecule has 15 heavy (non-hydrogen) atoms. The molecule has 0 spiro atoms. The molecule has 0 atom stereocenters. The second kappa shape index (κ2) is 4.14. The number of benzene rings is 1. The van der Waals surface area contributed by atoms with Crippen molar-refractivity contribution in [3.8, 4) is 6.07 Å². The average molecular weight is 199 g/mol. The topological polar surface area (TPSA) is 59.7 Å². The van der Waals surface area contributed by atoms with Gasteiger partial charge in [-0.3, -0.25) is 5.41 Å². The van der Waals surface area contributed by atoms with Crippen LogP contribution in [-0.2, 0) is 0 Å². The molecule has 1 aliphatic carbocycles. The highest BCUT2D eigenvalue weighted by atomic mass is 14.9. The Morgan fingerprint density at radius 2 is 2.07 bits per heavy atom. The first-order valence-electron chi connectivity index (χ1n) is 5.12. The lowest BCUT2D eigenvalue weighted by molar-refractivity contribution is 0.888. The first kappa shape index (κ1) is 9.72. The van der Waals surface area contributed by atoms with Crippen LogP contribution in [0.4, 0.5) is 5.69 Å². The van der Waals surface area contributed by atoms with Crippen LogP contribution in [0.2, 0.25) is 0 Å². The molecule has 1 aromatic rings. The summed E-state index contributed by atoms with van der Waals surface area (Å²) in [5, 5.41) is 19.4. The molecular weight excluding hydrogens is 186 g/mol. The molecule has 3 nitrogen and oxygen atoms in total. The van der Waals surface area contributed by atoms with Gasteiger partial charge in [-0.25, -0.2) is 0 Å². The highest BCUT2D eigenvalue weighted by Crippen LogP contribution is 2.32. The number of nitriles is 1. The van der Waals surface area contributed by atoms with E-state index >= 15 is 0 Å². The van der Waals surface area contributed by atoms with Crippen LogP contribution in [0.25, 0.3) is 0 Å². The summed E-state index contributed by atoms with van der Waals surface area (Å²) >= 11 is 0. The van der Waals surface area contributed by atoms with Gasteiger partial charge in [-0.05, 0) is 43.0 Å². The van der Waals surface area contributed by atoms with Gasteiger partial charge in [0, 0.05) is 12.1 Å². The molecule has 0 bridgehead atoms. The van der Waals surface area contributed by atoms with Crippen molar-refractivity contribution in [2.45, 2.75) is 19.3 Å². The zero-order valence-corrected chi connectivity index (χ0v) is 8.46. The van der Waals surface area contributed by atoms with Gasteiger partial charge in [-0.2, -0.15) is 5.26 Å². The number of hydrogen-bond donors (Lipinski definition) is 2. The molecular formula is C12H13N3. The van der Waals surface area contributed by atoms with Crippen molar-refractivity contribution in [3.05, 3.63) is 29.8 Å². The van der Waals surface area contributed by atoms with Crippen LogP contribution in [0.5, 0.6) is 0 Å². The van der Waals surface area contributed by atoms with Crippen LogP contribution in [0, 0.1) is 22.7 Å². The van der Waals surface area contributed by atoms with E-state index in [2.05, 4.69) is 11.4 Å². The second-order valence-corrected chi connectivity index (χ2v) is 3.94. The molecule has 2 N–H and O–H groups in total. The Balaban J connectivity index is 1.92. The van der Waals surface area contributed by atoms with Gasteiger partial charge < -0.3 is 5.32 Å². The van der Waals surface area contributed by atoms with Crippen LogP contribution in [-0.4, -0.2) is 5.84 Å². The smallest absolute Gasteiger partial charge is 0.0991 e. The molecule has 1 aromatic carbocycles. The summed E-state index contributed by atoms with van der Waals surface area (Å²) in [6, 6.07) is 9.25. The normalized spacial score (nSPS) is 14.3. The fraction of sp³-hybridized carbons (Fsp3) is 0.333. The lowest BCUT2D eigenvalue weighted by atomic mass is 10.2. The fourth-order valence-corrected chi connectivity index (χ4v) is 1.46. The molecule has 2 rings (SSSR count). The van der Waals surface area contributed by atoms with Crippen molar-refractivity contribution in [2.75, 3.05) is 5.32 Å². The number of nitrogens with zero attached hydrogens (tertiary/aromatic N) is 1. The zero-order valence-electron chi connectivity index (χ0n) is 8.46. The minimum Gasteiger partial charge on any atom is -0.344 e. The maximum Gasteiger partial charge on any atom is 0.0991 e. The van der Waals surface area contributed by atoms with Gasteiger partial charge in [0.2, 0.25) is 0 Å². The number of nitrogens with one attached hydrogen (secondary N) is 2. The van der Waals surface area contributed by atoms with E-state index in [1.165, 1.54) is 12.8 Å². The molecule has 76 valence electrons. The Labute approximate surface area is 89.2 Å². The van der Waals surface area contributed by atoms with Crippen LogP contribution >= 0.6 is 0 Å². The van der Waals surface area contributed by atoms with Crippen molar-refractivity contribution in [1.29, 1.82) is 10.7 Å². The molecule has 3 heteroatoms. The second-order valence-electron chi connectivity index (χ2n) is 3.94. The van der Waals surface area contributed by atoms with Crippen LogP contribution in [0.1, 0.15) is 24.8 Å². The molecule has 1 aliphatic rings. The van der Waals surface area contributed by atoms with E-state index in [-0.39, 0.29) is 0 Å². The molecule has 0 saturated heterocycles. The lowest BCUT2D eigenvalue weighted by Crippen LogP contribution is -2.10. The monoisotopic (exact) mass is 199 g/mol. The van der Waals surface area contributed by atoms with Crippen LogP contribution < -0.4 is 5.32 Å². The minimum absolute atomic E-state index is 0.571. The van der Waals surface area contributed by atoms with Gasteiger partial charge in [0.05, 0.1) is 17.5 Å². The first-order chi connectivity index (χ1) is 7.28. The Morgan fingerprint density at radius 3 is 2.60 bits per heavy atom. The third-order valence-electron chi connectivity index (χ3n) is 2.50. The lowest BCUT2D eigenvalue weighted by Gasteiger charge is -2.06. The van der Waals surface area contributed by atoms with E-state index < -0.39 is 0 Å². The largest absolute Gasteiger partial charge is 0.344 e. The summed E-state index contributed by atoms with van der Waals surface area (Å²) in [5.41, 5.74) is 1.54. The molecule has 0 heterocycles. The van der Waals surface area contributed by atoms with E-state index in [0.717, 1.165) is 18.0 Å². The van der Waals surface area contributed by atoms with E-state index in [0.29, 0.717) is 11.4 Å². The molecule has 1 fully saturated rings. The van der Waals surface area contributed by atoms with E-state index in [1.807, 2.05) is 12.1 Å². The van der Waals surface area contributed by atoms with Crippen molar-refractivity contribution >= 4 is 11.5 Å². The maximum absolute atomic E-state index is 8.62. The van der Waals surface area contributed by atoms with Crippen molar-refractivity contribution < 1.29 is 0 Å². The minimum atomic E-state index is 0.571. The predicted octanol–water partition coefficient (Wildman–Crippen LogP) is 2.75. The van der Waals surface area contributed by atoms with E-state index in [1.54, 1.807) is 12.1 Å². The predicted molar refractivity (Wildman–Crippen MR) is 59.8 cm³/mol. The summed E-state index contributed by atoms with van der Waals surface area (Å²) in [5.74, 6) is 1.30. The summed E-state index contributed by atoms with van der Waals surface area (Å²) in [4.78, 5) is 0. The van der Waals surface area contributed by atoms with Crippen LogP contribution in [0.3, 0.4) is 0 Å². The number of amidine groups is 1. The highest BCUT2D eigenvalue weighted by molar-refractivity contribution is 5.93. The van der Waals surface area contributed by atoms with Crippen molar-refractivity contribution in [1.82, 2.24) is 0 Å². The summed E-state index contributed by atoms with van der Waals surface area (Å²) in [6.07, 6.45) is 3.37. The maximum atomic E-state index is 8.62. The third-order valence-corrected chi connectivity index (χ3v) is 2.50. The molecule has 1 saturated carbocycles. The van der Waals surface area contributed by atoms with Gasteiger partial charge in [0.25, 0.3) is 0 Å². The zero-order chi connectivity index (χ0) is 10.7. The number of anilines is 1. The van der Waals surface area contributed by atoms with Gasteiger partial charge in [0.15, 0.2) is 0 Å². The van der Waals surface area contributed by atoms with Gasteiger partial charge >= 0.3 is 0 Å². The first-order valence-corrected chi connectivity index (χ1v) is 5.12. The van der Waals surface area contributed by atoms with Crippen molar-refractivity contribution in [3.63, 3.8) is 0 Å². The standard InChI is InChI=1S/C12H13N3/c13-8-10-3-5-11(6-4-10)15-12(14)7-9-1-2-9/h3-6,9H,1-2,7H2,(H2,14,15). The van der Waals surface area contributed by atoms with E-state index in [4.69, 9.17) is 10.7 Å². The van der Waals surface area contributed by atoms with Gasteiger partial charge in [-0.1, -0.05) is 0 Å². The highest BCUT2D eigenvalue weighted by Gasteiger charge is 2.22. The molecule has 0 radical (unpaired) electrons.